The summed E-state index contributed by atoms with van der Waals surface area (Å²) in [5.74, 6) is 0. The molecule has 4 nitrogen and oxygen atoms in total. The Kier molecular flexibility index (Phi) is 5.01. The maximum absolute atomic E-state index is 5.21. The van der Waals surface area contributed by atoms with Gasteiger partial charge in [-0.2, -0.15) is 0 Å². The molecule has 1 unspecified atom stereocenters. The van der Waals surface area contributed by atoms with Crippen molar-refractivity contribution in [2.75, 3.05) is 59.5 Å². The van der Waals surface area contributed by atoms with E-state index in [0.29, 0.717) is 11.5 Å². The van der Waals surface area contributed by atoms with Gasteiger partial charge >= 0.3 is 0 Å². The molecule has 18 heavy (non-hydrogen) atoms. The maximum Gasteiger partial charge on any atom is 0.0589 e. The molecule has 2 aliphatic rings. The van der Waals surface area contributed by atoms with Crippen molar-refractivity contribution in [3.05, 3.63) is 0 Å². The molecular formula is C14H29N3O. The van der Waals surface area contributed by atoms with E-state index in [4.69, 9.17) is 4.74 Å². The van der Waals surface area contributed by atoms with E-state index in [9.17, 15) is 0 Å². The van der Waals surface area contributed by atoms with Gasteiger partial charge in [-0.05, 0) is 18.4 Å². The molecule has 0 radical (unpaired) electrons. The summed E-state index contributed by atoms with van der Waals surface area (Å²) < 4.78 is 5.21. The number of ether oxygens (including phenoxy) is 1. The zero-order valence-corrected chi connectivity index (χ0v) is 12.2. The molecule has 2 heterocycles. The summed E-state index contributed by atoms with van der Waals surface area (Å²) in [7, 11) is 1.79. The third-order valence-electron chi connectivity index (χ3n) is 4.61. The number of likely N-dealkylation sites (tertiary alicyclic amines) is 1. The lowest BCUT2D eigenvalue weighted by atomic mass is 9.77. The minimum absolute atomic E-state index is 0.445. The average Bonchev–Trinajstić information content (AvgIpc) is 2.38. The molecule has 0 aromatic rings. The van der Waals surface area contributed by atoms with E-state index in [2.05, 4.69) is 29.0 Å². The molecule has 106 valence electrons. The third-order valence-corrected chi connectivity index (χ3v) is 4.61. The zero-order valence-electron chi connectivity index (χ0n) is 12.2. The van der Waals surface area contributed by atoms with Crippen LogP contribution in [0.5, 0.6) is 0 Å². The normalized spacial score (nSPS) is 30.5. The smallest absolute Gasteiger partial charge is 0.0589 e. The number of hydrogen-bond donors (Lipinski definition) is 1. The maximum atomic E-state index is 5.21. The number of piperidine rings is 1. The highest BCUT2D eigenvalue weighted by Gasteiger charge is 2.39. The fraction of sp³-hybridized carbons (Fsp3) is 1.00. The summed E-state index contributed by atoms with van der Waals surface area (Å²) in [6.07, 6.45) is 1.30. The number of nitrogens with one attached hydrogen (secondary N) is 1. The lowest BCUT2D eigenvalue weighted by Crippen LogP contribution is -2.60. The Bertz CT molecular complexity index is 251. The summed E-state index contributed by atoms with van der Waals surface area (Å²) in [6.45, 7) is 13.9. The van der Waals surface area contributed by atoms with Gasteiger partial charge in [-0.3, -0.25) is 9.80 Å². The molecule has 1 atom stereocenters. The van der Waals surface area contributed by atoms with Gasteiger partial charge in [0.1, 0.15) is 0 Å². The number of piperazine rings is 1. The van der Waals surface area contributed by atoms with Gasteiger partial charge in [0.05, 0.1) is 6.61 Å². The van der Waals surface area contributed by atoms with Gasteiger partial charge in [-0.25, -0.2) is 0 Å². The molecule has 0 spiro atoms. The van der Waals surface area contributed by atoms with Crippen LogP contribution in [0.2, 0.25) is 0 Å². The fourth-order valence-corrected chi connectivity index (χ4v) is 3.22. The Morgan fingerprint density at radius 2 is 1.94 bits per heavy atom. The minimum Gasteiger partial charge on any atom is -0.383 e. The number of rotatable bonds is 4. The Morgan fingerprint density at radius 1 is 1.22 bits per heavy atom. The lowest BCUT2D eigenvalue weighted by molar-refractivity contribution is -0.00579. The van der Waals surface area contributed by atoms with Crippen LogP contribution in [0.1, 0.15) is 20.3 Å². The van der Waals surface area contributed by atoms with Crippen molar-refractivity contribution in [2.24, 2.45) is 5.41 Å². The number of methoxy groups -OCH3 is 1. The van der Waals surface area contributed by atoms with E-state index in [1.165, 1.54) is 32.6 Å². The van der Waals surface area contributed by atoms with Crippen molar-refractivity contribution >= 4 is 0 Å². The van der Waals surface area contributed by atoms with Crippen molar-refractivity contribution < 1.29 is 4.74 Å². The van der Waals surface area contributed by atoms with E-state index in [0.717, 1.165) is 26.2 Å². The summed E-state index contributed by atoms with van der Waals surface area (Å²) in [5, 5.41) is 3.45. The molecule has 1 N–H and O–H groups in total. The summed E-state index contributed by atoms with van der Waals surface area (Å²) in [6, 6.07) is 0.699. The van der Waals surface area contributed by atoms with Crippen molar-refractivity contribution in [2.45, 2.75) is 26.3 Å². The topological polar surface area (TPSA) is 27.7 Å². The first-order chi connectivity index (χ1) is 8.63. The molecule has 0 saturated carbocycles. The molecule has 0 bridgehead atoms. The summed E-state index contributed by atoms with van der Waals surface area (Å²) in [5.41, 5.74) is 0.445. The minimum atomic E-state index is 0.445. The van der Waals surface area contributed by atoms with Crippen LogP contribution < -0.4 is 5.32 Å². The molecule has 2 fully saturated rings. The molecule has 0 amide bonds. The quantitative estimate of drug-likeness (QED) is 0.798. The Labute approximate surface area is 112 Å². The van der Waals surface area contributed by atoms with Crippen LogP contribution in [-0.2, 0) is 4.74 Å². The van der Waals surface area contributed by atoms with Gasteiger partial charge in [0, 0.05) is 52.4 Å². The SMILES string of the molecule is COCCN1CCC(C)(C)C(N2CCNCC2)C1. The van der Waals surface area contributed by atoms with Crippen LogP contribution in [0.15, 0.2) is 0 Å². The Hall–Kier alpha value is -0.160. The van der Waals surface area contributed by atoms with Crippen LogP contribution in [0, 0.1) is 5.41 Å². The van der Waals surface area contributed by atoms with Crippen molar-refractivity contribution in [1.82, 2.24) is 15.1 Å². The molecule has 2 aliphatic heterocycles. The molecule has 0 aliphatic carbocycles. The lowest BCUT2D eigenvalue weighted by Gasteiger charge is -2.50. The first kappa shape index (κ1) is 14.3. The fourth-order valence-electron chi connectivity index (χ4n) is 3.22. The van der Waals surface area contributed by atoms with E-state index >= 15 is 0 Å². The molecule has 4 heteroatoms. The van der Waals surface area contributed by atoms with E-state index < -0.39 is 0 Å². The predicted molar refractivity (Wildman–Crippen MR) is 74.9 cm³/mol. The van der Waals surface area contributed by atoms with Crippen LogP contribution in [-0.4, -0.2) is 75.4 Å². The summed E-state index contributed by atoms with van der Waals surface area (Å²) in [4.78, 5) is 5.26. The monoisotopic (exact) mass is 255 g/mol. The second-order valence-electron chi connectivity index (χ2n) is 6.33. The van der Waals surface area contributed by atoms with Crippen LogP contribution in [0.3, 0.4) is 0 Å². The first-order valence-electron chi connectivity index (χ1n) is 7.29. The second kappa shape index (κ2) is 6.33. The van der Waals surface area contributed by atoms with Crippen LogP contribution >= 0.6 is 0 Å². The zero-order chi connectivity index (χ0) is 13.0. The predicted octanol–water partition coefficient (Wildman–Crippen LogP) is 0.639. The largest absolute Gasteiger partial charge is 0.383 e. The van der Waals surface area contributed by atoms with Gasteiger partial charge in [-0.15, -0.1) is 0 Å². The van der Waals surface area contributed by atoms with Crippen LogP contribution in [0.4, 0.5) is 0 Å². The van der Waals surface area contributed by atoms with Gasteiger partial charge in [0.15, 0.2) is 0 Å². The van der Waals surface area contributed by atoms with E-state index in [-0.39, 0.29) is 0 Å². The van der Waals surface area contributed by atoms with E-state index in [1.807, 2.05) is 0 Å². The molecule has 2 rings (SSSR count). The highest BCUT2D eigenvalue weighted by Crippen LogP contribution is 2.33. The van der Waals surface area contributed by atoms with Crippen molar-refractivity contribution in [3.8, 4) is 0 Å². The first-order valence-corrected chi connectivity index (χ1v) is 7.29. The van der Waals surface area contributed by atoms with Gasteiger partial charge in [0.2, 0.25) is 0 Å². The second-order valence-corrected chi connectivity index (χ2v) is 6.33. The standard InChI is InChI=1S/C14H29N3O/c1-14(2)4-7-16(10-11-18-3)12-13(14)17-8-5-15-6-9-17/h13,15H,4-12H2,1-3H3. The number of hydrogen-bond acceptors (Lipinski definition) is 4. The third kappa shape index (κ3) is 3.44. The van der Waals surface area contributed by atoms with Crippen LogP contribution in [0.25, 0.3) is 0 Å². The average molecular weight is 255 g/mol. The summed E-state index contributed by atoms with van der Waals surface area (Å²) >= 11 is 0. The van der Waals surface area contributed by atoms with Crippen molar-refractivity contribution in [1.29, 1.82) is 0 Å². The molecule has 0 aromatic carbocycles. The van der Waals surface area contributed by atoms with Gasteiger partial charge in [-0.1, -0.05) is 13.8 Å². The molecule has 0 aromatic heterocycles. The van der Waals surface area contributed by atoms with E-state index in [1.54, 1.807) is 7.11 Å². The molecule has 2 saturated heterocycles. The Balaban J connectivity index is 1.94. The Morgan fingerprint density at radius 3 is 2.61 bits per heavy atom. The molecular weight excluding hydrogens is 226 g/mol. The van der Waals surface area contributed by atoms with Crippen molar-refractivity contribution in [3.63, 3.8) is 0 Å². The highest BCUT2D eigenvalue weighted by atomic mass is 16.5. The van der Waals surface area contributed by atoms with Gasteiger partial charge in [0.25, 0.3) is 0 Å². The van der Waals surface area contributed by atoms with Gasteiger partial charge < -0.3 is 10.1 Å². The highest BCUT2D eigenvalue weighted by molar-refractivity contribution is 4.94. The number of nitrogens with zero attached hydrogens (tertiary/aromatic N) is 2.